The molecule has 2 N–H and O–H groups in total. The summed E-state index contributed by atoms with van der Waals surface area (Å²) in [7, 11) is 0. The van der Waals surface area contributed by atoms with Crippen molar-refractivity contribution in [3.8, 4) is 17.0 Å². The zero-order valence-electron chi connectivity index (χ0n) is 13.5. The van der Waals surface area contributed by atoms with Crippen LogP contribution in [0.2, 0.25) is 0 Å². The first kappa shape index (κ1) is 16.1. The number of nitrogens with two attached hydrogens (primary N) is 1. The quantitative estimate of drug-likeness (QED) is 0.881. The number of ether oxygens (including phenoxy) is 1. The molecule has 118 valence electrons. The smallest absolute Gasteiger partial charge is 0.274 e. The number of nitrogen functional groups attached to an aromatic ring is 1. The second kappa shape index (κ2) is 7.16. The van der Waals surface area contributed by atoms with E-state index in [2.05, 4.69) is 13.8 Å². The van der Waals surface area contributed by atoms with Crippen molar-refractivity contribution in [2.45, 2.75) is 39.7 Å². The lowest BCUT2D eigenvalue weighted by Gasteiger charge is -2.19. The first-order valence-corrected chi connectivity index (χ1v) is 7.82. The van der Waals surface area contributed by atoms with Crippen molar-refractivity contribution in [1.29, 1.82) is 0 Å². The Bertz CT molecular complexity index is 692. The van der Waals surface area contributed by atoms with Gasteiger partial charge in [0, 0.05) is 11.6 Å². The third-order valence-corrected chi connectivity index (χ3v) is 3.78. The van der Waals surface area contributed by atoms with Crippen LogP contribution in [0.5, 0.6) is 5.75 Å². The highest BCUT2D eigenvalue weighted by Gasteiger charge is 2.13. The molecule has 0 radical (unpaired) electrons. The fourth-order valence-corrected chi connectivity index (χ4v) is 2.39. The Labute approximate surface area is 131 Å². The molecular formula is C18H24N2O2. The molecule has 1 aromatic heterocycles. The first-order chi connectivity index (χ1) is 10.6. The summed E-state index contributed by atoms with van der Waals surface area (Å²) in [4.78, 5) is 12.4. The summed E-state index contributed by atoms with van der Waals surface area (Å²) in [6, 6.07) is 11.5. The third kappa shape index (κ3) is 3.32. The van der Waals surface area contributed by atoms with E-state index in [1.54, 1.807) is 10.6 Å². The van der Waals surface area contributed by atoms with Crippen LogP contribution in [0.15, 0.2) is 41.2 Å². The molecule has 2 aromatic rings. The molecule has 1 atom stereocenters. The highest BCUT2D eigenvalue weighted by molar-refractivity contribution is 5.63. The van der Waals surface area contributed by atoms with Crippen molar-refractivity contribution in [2.75, 3.05) is 12.3 Å². The van der Waals surface area contributed by atoms with E-state index in [4.69, 9.17) is 10.5 Å². The molecule has 0 amide bonds. The van der Waals surface area contributed by atoms with Gasteiger partial charge in [0.05, 0.1) is 18.0 Å². The van der Waals surface area contributed by atoms with Gasteiger partial charge in [-0.25, -0.2) is 0 Å². The summed E-state index contributed by atoms with van der Waals surface area (Å²) in [5.41, 5.74) is 7.78. The average Bonchev–Trinajstić information content (AvgIpc) is 2.54. The van der Waals surface area contributed by atoms with Crippen LogP contribution in [0.3, 0.4) is 0 Å². The minimum absolute atomic E-state index is 0.0891. The Morgan fingerprint density at radius 2 is 2.00 bits per heavy atom. The number of pyridine rings is 1. The monoisotopic (exact) mass is 300 g/mol. The maximum absolute atomic E-state index is 12.4. The fourth-order valence-electron chi connectivity index (χ4n) is 2.39. The van der Waals surface area contributed by atoms with Crippen LogP contribution in [-0.2, 0) is 0 Å². The van der Waals surface area contributed by atoms with Gasteiger partial charge >= 0.3 is 0 Å². The number of rotatable bonds is 6. The van der Waals surface area contributed by atoms with Crippen LogP contribution in [-0.4, -0.2) is 11.2 Å². The summed E-state index contributed by atoms with van der Waals surface area (Å²) >= 11 is 0. The molecule has 0 saturated carbocycles. The van der Waals surface area contributed by atoms with Gasteiger partial charge in [0.2, 0.25) is 0 Å². The highest BCUT2D eigenvalue weighted by Crippen LogP contribution is 2.26. The molecule has 1 unspecified atom stereocenters. The fraction of sp³-hybridized carbons (Fsp3) is 0.389. The lowest BCUT2D eigenvalue weighted by molar-refractivity contribution is 0.317. The summed E-state index contributed by atoms with van der Waals surface area (Å²) in [6.45, 7) is 6.85. The zero-order chi connectivity index (χ0) is 16.1. The molecule has 0 saturated heterocycles. The van der Waals surface area contributed by atoms with E-state index in [-0.39, 0.29) is 17.3 Å². The Balaban J connectivity index is 2.53. The second-order valence-corrected chi connectivity index (χ2v) is 5.48. The van der Waals surface area contributed by atoms with Crippen LogP contribution >= 0.6 is 0 Å². The van der Waals surface area contributed by atoms with Crippen LogP contribution in [0.25, 0.3) is 11.3 Å². The molecule has 1 heterocycles. The van der Waals surface area contributed by atoms with Gasteiger partial charge in [0.15, 0.2) is 0 Å². The van der Waals surface area contributed by atoms with Crippen molar-refractivity contribution in [3.05, 3.63) is 46.8 Å². The Morgan fingerprint density at radius 3 is 2.68 bits per heavy atom. The summed E-state index contributed by atoms with van der Waals surface area (Å²) < 4.78 is 7.46. The van der Waals surface area contributed by atoms with E-state index in [1.807, 2.05) is 37.3 Å². The maximum Gasteiger partial charge on any atom is 0.274 e. The van der Waals surface area contributed by atoms with E-state index < -0.39 is 0 Å². The Hall–Kier alpha value is -2.23. The molecule has 4 heteroatoms. The van der Waals surface area contributed by atoms with E-state index in [0.717, 1.165) is 29.8 Å². The van der Waals surface area contributed by atoms with Gasteiger partial charge in [0.1, 0.15) is 5.75 Å². The molecule has 2 rings (SSSR count). The lowest BCUT2D eigenvalue weighted by atomic mass is 10.1. The van der Waals surface area contributed by atoms with Crippen molar-refractivity contribution < 1.29 is 4.74 Å². The largest absolute Gasteiger partial charge is 0.494 e. The molecule has 0 aliphatic carbocycles. The summed E-state index contributed by atoms with van der Waals surface area (Å²) in [5.74, 6) is 0.819. The van der Waals surface area contributed by atoms with E-state index in [9.17, 15) is 4.79 Å². The van der Waals surface area contributed by atoms with Gasteiger partial charge in [0.25, 0.3) is 5.56 Å². The maximum atomic E-state index is 12.4. The van der Waals surface area contributed by atoms with Crippen molar-refractivity contribution in [1.82, 2.24) is 4.57 Å². The minimum Gasteiger partial charge on any atom is -0.494 e. The van der Waals surface area contributed by atoms with E-state index >= 15 is 0 Å². The number of hydrogen-bond donors (Lipinski definition) is 1. The highest BCUT2D eigenvalue weighted by atomic mass is 16.5. The molecule has 0 spiro atoms. The van der Waals surface area contributed by atoms with Crippen LogP contribution in [0.4, 0.5) is 5.69 Å². The predicted octanol–water partition coefficient (Wildman–Crippen LogP) is 3.86. The van der Waals surface area contributed by atoms with Gasteiger partial charge in [-0.3, -0.25) is 4.79 Å². The normalized spacial score (nSPS) is 12.1. The number of anilines is 1. The number of hydrogen-bond acceptors (Lipinski definition) is 3. The van der Waals surface area contributed by atoms with Crippen molar-refractivity contribution in [2.24, 2.45) is 0 Å². The molecule has 0 aliphatic rings. The summed E-state index contributed by atoms with van der Waals surface area (Å²) in [5, 5.41) is 0. The van der Waals surface area contributed by atoms with Gasteiger partial charge in [-0.1, -0.05) is 26.0 Å². The SMILES string of the molecule is CCCOc1cccc(-c2ccc(N)c(=O)n2C(C)CC)c1. The van der Waals surface area contributed by atoms with Gasteiger partial charge in [-0.2, -0.15) is 0 Å². The molecule has 0 bridgehead atoms. The van der Waals surface area contributed by atoms with Crippen molar-refractivity contribution >= 4 is 5.69 Å². The number of benzene rings is 1. The Morgan fingerprint density at radius 1 is 1.23 bits per heavy atom. The molecule has 0 fully saturated rings. The molecule has 1 aromatic carbocycles. The topological polar surface area (TPSA) is 57.2 Å². The number of nitrogens with zero attached hydrogens (tertiary/aromatic N) is 1. The first-order valence-electron chi connectivity index (χ1n) is 7.82. The van der Waals surface area contributed by atoms with E-state index in [1.165, 1.54) is 0 Å². The molecular weight excluding hydrogens is 276 g/mol. The Kier molecular flexibility index (Phi) is 5.26. The van der Waals surface area contributed by atoms with Gasteiger partial charge in [-0.05, 0) is 44.0 Å². The number of aromatic nitrogens is 1. The van der Waals surface area contributed by atoms with Gasteiger partial charge in [-0.15, -0.1) is 0 Å². The average molecular weight is 300 g/mol. The standard InChI is InChI=1S/C18H24N2O2/c1-4-11-22-15-8-6-7-14(12-15)17-10-9-16(19)18(21)20(17)13(3)5-2/h6-10,12-13H,4-5,11,19H2,1-3H3. The molecule has 22 heavy (non-hydrogen) atoms. The minimum atomic E-state index is -0.133. The predicted molar refractivity (Wildman–Crippen MR) is 91.3 cm³/mol. The van der Waals surface area contributed by atoms with Crippen LogP contribution in [0.1, 0.15) is 39.7 Å². The zero-order valence-corrected chi connectivity index (χ0v) is 13.5. The summed E-state index contributed by atoms with van der Waals surface area (Å²) in [6.07, 6.45) is 1.83. The molecule has 4 nitrogen and oxygen atoms in total. The second-order valence-electron chi connectivity index (χ2n) is 5.48. The van der Waals surface area contributed by atoms with Gasteiger partial charge < -0.3 is 15.0 Å². The van der Waals surface area contributed by atoms with Crippen LogP contribution in [0, 0.1) is 0 Å². The van der Waals surface area contributed by atoms with E-state index in [0.29, 0.717) is 6.61 Å². The third-order valence-electron chi connectivity index (χ3n) is 3.78. The van der Waals surface area contributed by atoms with Crippen molar-refractivity contribution in [3.63, 3.8) is 0 Å². The van der Waals surface area contributed by atoms with Crippen LogP contribution < -0.4 is 16.0 Å². The lowest BCUT2D eigenvalue weighted by Crippen LogP contribution is -2.26. The molecule has 0 aliphatic heterocycles.